The monoisotopic (exact) mass is 401 g/mol. The third kappa shape index (κ3) is 4.67. The number of rotatable bonds is 1. The number of carbonyl (C=O) groups is 1. The molecular formula is C21H15F4N3O. The van der Waals surface area contributed by atoms with Crippen molar-refractivity contribution in [2.75, 3.05) is 31.1 Å². The van der Waals surface area contributed by atoms with Crippen LogP contribution in [0.2, 0.25) is 0 Å². The number of carbonyl (C=O) groups excluding carboxylic acids is 1. The number of alkyl halides is 3. The molecule has 1 aliphatic rings. The van der Waals surface area contributed by atoms with Gasteiger partial charge in [0.2, 0.25) is 0 Å². The van der Waals surface area contributed by atoms with Crippen LogP contribution in [0, 0.1) is 29.0 Å². The molecule has 0 aliphatic carbocycles. The van der Waals surface area contributed by atoms with Crippen LogP contribution < -0.4 is 4.90 Å². The fourth-order valence-corrected chi connectivity index (χ4v) is 3.01. The fourth-order valence-electron chi connectivity index (χ4n) is 3.01. The lowest BCUT2D eigenvalue weighted by Gasteiger charge is -2.35. The number of halogens is 4. The smallest absolute Gasteiger partial charge is 0.365 e. The zero-order valence-electron chi connectivity index (χ0n) is 15.1. The molecule has 4 nitrogen and oxygen atoms in total. The zero-order chi connectivity index (χ0) is 21.0. The summed E-state index contributed by atoms with van der Waals surface area (Å²) in [6, 6.07) is 10.5. The lowest BCUT2D eigenvalue weighted by molar-refractivity contribution is -0.137. The van der Waals surface area contributed by atoms with Crippen molar-refractivity contribution in [1.82, 2.24) is 4.90 Å². The fraction of sp³-hybridized carbons (Fsp3) is 0.238. The van der Waals surface area contributed by atoms with Gasteiger partial charge in [0.25, 0.3) is 5.91 Å². The van der Waals surface area contributed by atoms with Gasteiger partial charge in [-0.3, -0.25) is 4.79 Å². The van der Waals surface area contributed by atoms with E-state index in [0.29, 0.717) is 31.7 Å². The molecule has 29 heavy (non-hydrogen) atoms. The minimum absolute atomic E-state index is 0.220. The Balaban J connectivity index is 1.63. The lowest BCUT2D eigenvalue weighted by Crippen LogP contribution is -2.49. The third-order valence-corrected chi connectivity index (χ3v) is 4.52. The van der Waals surface area contributed by atoms with Crippen LogP contribution in [-0.2, 0) is 11.0 Å². The van der Waals surface area contributed by atoms with E-state index in [2.05, 4.69) is 11.8 Å². The molecule has 148 valence electrons. The van der Waals surface area contributed by atoms with E-state index in [-0.39, 0.29) is 11.3 Å². The van der Waals surface area contributed by atoms with E-state index in [1.807, 2.05) is 6.07 Å². The van der Waals surface area contributed by atoms with Crippen molar-refractivity contribution in [3.05, 3.63) is 65.0 Å². The molecular weight excluding hydrogens is 386 g/mol. The number of nitrogens with zero attached hydrogens (tertiary/aromatic N) is 3. The maximum Gasteiger partial charge on any atom is 0.416 e. The second-order valence-electron chi connectivity index (χ2n) is 6.35. The molecule has 0 unspecified atom stereocenters. The topological polar surface area (TPSA) is 47.3 Å². The Morgan fingerprint density at radius 1 is 1.00 bits per heavy atom. The summed E-state index contributed by atoms with van der Waals surface area (Å²) in [6.07, 6.45) is -4.43. The van der Waals surface area contributed by atoms with Crippen molar-refractivity contribution in [3.8, 4) is 17.9 Å². The first-order chi connectivity index (χ1) is 13.8. The summed E-state index contributed by atoms with van der Waals surface area (Å²) >= 11 is 0. The van der Waals surface area contributed by atoms with E-state index in [4.69, 9.17) is 5.26 Å². The second-order valence-corrected chi connectivity index (χ2v) is 6.35. The van der Waals surface area contributed by atoms with Crippen LogP contribution in [0.1, 0.15) is 16.7 Å². The molecule has 3 rings (SSSR count). The lowest BCUT2D eigenvalue weighted by atomic mass is 10.1. The van der Waals surface area contributed by atoms with Gasteiger partial charge in [0.05, 0.1) is 16.8 Å². The molecule has 2 aromatic carbocycles. The van der Waals surface area contributed by atoms with Gasteiger partial charge in [-0.2, -0.15) is 18.4 Å². The van der Waals surface area contributed by atoms with Crippen molar-refractivity contribution in [2.24, 2.45) is 0 Å². The number of hydrogen-bond acceptors (Lipinski definition) is 3. The molecule has 0 spiro atoms. The van der Waals surface area contributed by atoms with Gasteiger partial charge in [-0.15, -0.1) is 0 Å². The van der Waals surface area contributed by atoms with Gasteiger partial charge < -0.3 is 9.80 Å². The Hall–Kier alpha value is -3.52. The van der Waals surface area contributed by atoms with Crippen LogP contribution in [0.25, 0.3) is 0 Å². The minimum atomic E-state index is -4.43. The minimum Gasteiger partial charge on any atom is -0.365 e. The predicted octanol–water partition coefficient (Wildman–Crippen LogP) is 3.42. The van der Waals surface area contributed by atoms with Crippen LogP contribution in [0.4, 0.5) is 23.2 Å². The number of para-hydroxylation sites is 1. The van der Waals surface area contributed by atoms with Gasteiger partial charge in [0.15, 0.2) is 0 Å². The van der Waals surface area contributed by atoms with E-state index in [1.54, 1.807) is 4.90 Å². The highest BCUT2D eigenvalue weighted by Gasteiger charge is 2.30. The Labute approximate surface area is 165 Å². The Bertz CT molecular complexity index is 1010. The van der Waals surface area contributed by atoms with E-state index < -0.39 is 23.5 Å². The highest BCUT2D eigenvalue weighted by atomic mass is 19.4. The highest BCUT2D eigenvalue weighted by Crippen LogP contribution is 2.29. The van der Waals surface area contributed by atoms with Crippen molar-refractivity contribution in [3.63, 3.8) is 0 Å². The van der Waals surface area contributed by atoms with Crippen molar-refractivity contribution in [2.45, 2.75) is 6.18 Å². The molecule has 8 heteroatoms. The van der Waals surface area contributed by atoms with Gasteiger partial charge in [0, 0.05) is 37.7 Å². The summed E-state index contributed by atoms with van der Waals surface area (Å²) in [5.41, 5.74) is -0.0322. The van der Waals surface area contributed by atoms with Crippen LogP contribution >= 0.6 is 0 Å². The molecule has 0 aromatic heterocycles. The van der Waals surface area contributed by atoms with Crippen molar-refractivity contribution in [1.29, 1.82) is 5.26 Å². The maximum absolute atomic E-state index is 14.1. The Morgan fingerprint density at radius 3 is 2.24 bits per heavy atom. The summed E-state index contributed by atoms with van der Waals surface area (Å²) in [4.78, 5) is 15.5. The van der Waals surface area contributed by atoms with Gasteiger partial charge in [-0.05, 0) is 36.4 Å². The maximum atomic E-state index is 14.1. The van der Waals surface area contributed by atoms with E-state index in [0.717, 1.165) is 12.1 Å². The van der Waals surface area contributed by atoms with Crippen molar-refractivity contribution >= 4 is 11.6 Å². The third-order valence-electron chi connectivity index (χ3n) is 4.52. The number of anilines is 1. The standard InChI is InChI=1S/C21H15F4N3O/c22-18-3-1-2-16(14-26)20(18)28-12-10-27(11-13-28)19(29)9-6-15-4-7-17(8-5-15)21(23,24)25/h1-5,7-8H,10-13H2. The van der Waals surface area contributed by atoms with Crippen LogP contribution in [-0.4, -0.2) is 37.0 Å². The first-order valence-corrected chi connectivity index (χ1v) is 8.71. The van der Waals surface area contributed by atoms with Crippen LogP contribution in [0.15, 0.2) is 42.5 Å². The summed E-state index contributed by atoms with van der Waals surface area (Å²) in [5, 5.41) is 9.17. The van der Waals surface area contributed by atoms with Gasteiger partial charge >= 0.3 is 6.18 Å². The largest absolute Gasteiger partial charge is 0.416 e. The van der Waals surface area contributed by atoms with Crippen LogP contribution in [0.5, 0.6) is 0 Å². The molecule has 0 atom stereocenters. The summed E-state index contributed by atoms with van der Waals surface area (Å²) in [7, 11) is 0. The number of amides is 1. The van der Waals surface area contributed by atoms with Crippen molar-refractivity contribution < 1.29 is 22.4 Å². The molecule has 0 N–H and O–H groups in total. The molecule has 1 aliphatic heterocycles. The Morgan fingerprint density at radius 2 is 1.66 bits per heavy atom. The highest BCUT2D eigenvalue weighted by molar-refractivity contribution is 5.94. The quantitative estimate of drug-likeness (QED) is 0.544. The average molecular weight is 401 g/mol. The van der Waals surface area contributed by atoms with Gasteiger partial charge in [0.1, 0.15) is 11.9 Å². The molecule has 0 radical (unpaired) electrons. The SMILES string of the molecule is N#Cc1cccc(F)c1N1CCN(C(=O)C#Cc2ccc(C(F)(F)F)cc2)CC1. The molecule has 0 bridgehead atoms. The van der Waals surface area contributed by atoms with E-state index in [1.165, 1.54) is 35.2 Å². The first kappa shape index (κ1) is 20.2. The molecule has 0 saturated carbocycles. The van der Waals surface area contributed by atoms with Crippen LogP contribution in [0.3, 0.4) is 0 Å². The number of benzene rings is 2. The van der Waals surface area contributed by atoms with Gasteiger partial charge in [-0.25, -0.2) is 4.39 Å². The summed E-state index contributed by atoms with van der Waals surface area (Å²) in [6.45, 7) is 1.26. The van der Waals surface area contributed by atoms with E-state index in [9.17, 15) is 22.4 Å². The molecule has 1 fully saturated rings. The van der Waals surface area contributed by atoms with Gasteiger partial charge in [-0.1, -0.05) is 12.0 Å². The normalized spacial score (nSPS) is 14.0. The molecule has 1 amide bonds. The average Bonchev–Trinajstić information content (AvgIpc) is 2.71. The number of piperazine rings is 1. The Kier molecular flexibility index (Phi) is 5.74. The molecule has 1 saturated heterocycles. The first-order valence-electron chi connectivity index (χ1n) is 8.71. The second kappa shape index (κ2) is 8.24. The summed E-state index contributed by atoms with van der Waals surface area (Å²) in [5.74, 6) is 4.04. The zero-order valence-corrected chi connectivity index (χ0v) is 15.1. The molecule has 2 aromatic rings. The van der Waals surface area contributed by atoms with E-state index >= 15 is 0 Å². The predicted molar refractivity (Wildman–Crippen MR) is 98.2 cm³/mol. The number of hydrogen-bond donors (Lipinski definition) is 0. The summed E-state index contributed by atoms with van der Waals surface area (Å²) < 4.78 is 51.8. The molecule has 1 heterocycles. The number of nitriles is 1.